The Morgan fingerprint density at radius 3 is 2.61 bits per heavy atom. The van der Waals surface area contributed by atoms with E-state index >= 15 is 0 Å². The predicted molar refractivity (Wildman–Crippen MR) is 136 cm³/mol. The summed E-state index contributed by atoms with van der Waals surface area (Å²) in [6.07, 6.45) is 0. The summed E-state index contributed by atoms with van der Waals surface area (Å²) in [4.78, 5) is 44.3. The van der Waals surface area contributed by atoms with Gasteiger partial charge in [-0.05, 0) is 54.4 Å². The fraction of sp³-hybridized carbons (Fsp3) is 0.192. The van der Waals surface area contributed by atoms with Crippen molar-refractivity contribution in [3.05, 3.63) is 110 Å². The minimum absolute atomic E-state index is 0.0301. The first-order chi connectivity index (χ1) is 17.3. The minimum Gasteiger partial charge on any atom is -0.395 e. The lowest BCUT2D eigenvalue weighted by Crippen LogP contribution is -2.26. The SMILES string of the molecule is Cc1nc2ccc(CN(CCO)c3ccc(C(=O)NCc4cccc([N+](=O)[O-])c4)cc3)cc2c(=O)[nH]1. The lowest BCUT2D eigenvalue weighted by molar-refractivity contribution is -0.384. The number of nitro groups is 1. The standard InChI is InChI=1S/C26H25N5O5/c1-17-28-24-10-5-19(14-23(24)26(34)29-17)16-30(11-12-32)21-8-6-20(7-9-21)25(33)27-15-18-3-2-4-22(13-18)31(35)36/h2-10,13-14,32H,11-12,15-16H2,1H3,(H,27,33)(H,28,29,34). The first-order valence-corrected chi connectivity index (χ1v) is 11.3. The molecule has 0 spiro atoms. The lowest BCUT2D eigenvalue weighted by atomic mass is 10.1. The molecule has 1 amide bonds. The molecule has 184 valence electrons. The number of nitro benzene ring substituents is 1. The van der Waals surface area contributed by atoms with Crippen molar-refractivity contribution < 1.29 is 14.8 Å². The van der Waals surface area contributed by atoms with Crippen molar-refractivity contribution in [1.29, 1.82) is 0 Å². The number of non-ortho nitro benzene ring substituents is 1. The highest BCUT2D eigenvalue weighted by Crippen LogP contribution is 2.20. The average Bonchev–Trinajstić information content (AvgIpc) is 2.87. The van der Waals surface area contributed by atoms with Crippen LogP contribution in [0.1, 0.15) is 27.3 Å². The van der Waals surface area contributed by atoms with Crippen molar-refractivity contribution in [1.82, 2.24) is 15.3 Å². The van der Waals surface area contributed by atoms with Gasteiger partial charge in [-0.15, -0.1) is 0 Å². The van der Waals surface area contributed by atoms with Crippen LogP contribution in [0.25, 0.3) is 10.9 Å². The maximum absolute atomic E-state index is 12.6. The van der Waals surface area contributed by atoms with Gasteiger partial charge in [-0.2, -0.15) is 0 Å². The van der Waals surface area contributed by atoms with E-state index in [1.165, 1.54) is 12.1 Å². The molecule has 1 aromatic heterocycles. The molecule has 10 heteroatoms. The second-order valence-electron chi connectivity index (χ2n) is 8.30. The molecule has 0 unspecified atom stereocenters. The number of H-pyrrole nitrogens is 1. The minimum atomic E-state index is -0.476. The Kier molecular flexibility index (Phi) is 7.36. The molecule has 0 radical (unpaired) electrons. The number of anilines is 1. The van der Waals surface area contributed by atoms with Crippen molar-refractivity contribution in [2.45, 2.75) is 20.0 Å². The van der Waals surface area contributed by atoms with Crippen molar-refractivity contribution in [3.8, 4) is 0 Å². The van der Waals surface area contributed by atoms with Gasteiger partial charge in [-0.3, -0.25) is 19.7 Å². The number of nitrogens with one attached hydrogen (secondary N) is 2. The van der Waals surface area contributed by atoms with E-state index in [1.807, 2.05) is 11.0 Å². The lowest BCUT2D eigenvalue weighted by Gasteiger charge is -2.24. The molecule has 0 saturated carbocycles. The maximum Gasteiger partial charge on any atom is 0.269 e. The van der Waals surface area contributed by atoms with Crippen LogP contribution < -0.4 is 15.8 Å². The van der Waals surface area contributed by atoms with Gasteiger partial charge < -0.3 is 20.3 Å². The van der Waals surface area contributed by atoms with Gasteiger partial charge in [-0.1, -0.05) is 18.2 Å². The number of hydrogen-bond acceptors (Lipinski definition) is 7. The molecule has 0 aliphatic heterocycles. The summed E-state index contributed by atoms with van der Waals surface area (Å²) >= 11 is 0. The summed E-state index contributed by atoms with van der Waals surface area (Å²) in [5, 5.41) is 23.8. The highest BCUT2D eigenvalue weighted by atomic mass is 16.6. The van der Waals surface area contributed by atoms with Gasteiger partial charge in [0.25, 0.3) is 17.2 Å². The number of nitrogens with zero attached hydrogens (tertiary/aromatic N) is 3. The highest BCUT2D eigenvalue weighted by molar-refractivity contribution is 5.94. The van der Waals surface area contributed by atoms with E-state index in [0.717, 1.165) is 11.3 Å². The van der Waals surface area contributed by atoms with E-state index in [4.69, 9.17) is 0 Å². The van der Waals surface area contributed by atoms with E-state index in [1.54, 1.807) is 55.5 Å². The fourth-order valence-electron chi connectivity index (χ4n) is 3.93. The zero-order chi connectivity index (χ0) is 25.7. The number of carbonyl (C=O) groups excluding carboxylic acids is 1. The molecule has 0 fully saturated rings. The van der Waals surface area contributed by atoms with E-state index in [9.17, 15) is 24.8 Å². The number of amides is 1. The Balaban J connectivity index is 1.46. The third-order valence-corrected chi connectivity index (χ3v) is 5.70. The number of fused-ring (bicyclic) bond motifs is 1. The van der Waals surface area contributed by atoms with Gasteiger partial charge in [-0.25, -0.2) is 4.98 Å². The van der Waals surface area contributed by atoms with Crippen molar-refractivity contribution >= 4 is 28.2 Å². The molecule has 0 bridgehead atoms. The number of benzene rings is 3. The molecular formula is C26H25N5O5. The van der Waals surface area contributed by atoms with E-state index in [0.29, 0.717) is 40.9 Å². The van der Waals surface area contributed by atoms with E-state index in [2.05, 4.69) is 15.3 Å². The van der Waals surface area contributed by atoms with Gasteiger partial charge >= 0.3 is 0 Å². The summed E-state index contributed by atoms with van der Waals surface area (Å²) in [6.45, 7) is 2.63. The number of aryl methyl sites for hydroxylation is 1. The predicted octanol–water partition coefficient (Wildman–Crippen LogP) is 3.07. The topological polar surface area (TPSA) is 141 Å². The quantitative estimate of drug-likeness (QED) is 0.243. The van der Waals surface area contributed by atoms with E-state index < -0.39 is 4.92 Å². The largest absolute Gasteiger partial charge is 0.395 e. The van der Waals surface area contributed by atoms with Crippen LogP contribution in [0.3, 0.4) is 0 Å². The van der Waals surface area contributed by atoms with Crippen molar-refractivity contribution in [3.63, 3.8) is 0 Å². The van der Waals surface area contributed by atoms with Crippen LogP contribution >= 0.6 is 0 Å². The summed E-state index contributed by atoms with van der Waals surface area (Å²) in [5.74, 6) is 0.245. The van der Waals surface area contributed by atoms with Gasteiger partial charge in [0.2, 0.25) is 0 Å². The molecule has 0 atom stereocenters. The summed E-state index contributed by atoms with van der Waals surface area (Å²) in [5.41, 5.74) is 3.14. The van der Waals surface area contributed by atoms with Crippen LogP contribution in [0.5, 0.6) is 0 Å². The summed E-state index contributed by atoms with van der Waals surface area (Å²) in [7, 11) is 0. The zero-order valence-corrected chi connectivity index (χ0v) is 19.6. The van der Waals surface area contributed by atoms with Crippen LogP contribution in [0, 0.1) is 17.0 Å². The Morgan fingerprint density at radius 1 is 1.11 bits per heavy atom. The van der Waals surface area contributed by atoms with Crippen LogP contribution in [0.2, 0.25) is 0 Å². The molecule has 36 heavy (non-hydrogen) atoms. The number of rotatable bonds is 9. The summed E-state index contributed by atoms with van der Waals surface area (Å²) in [6, 6.07) is 18.5. The number of aliphatic hydroxyl groups excluding tert-OH is 1. The fourth-order valence-corrected chi connectivity index (χ4v) is 3.93. The Morgan fingerprint density at radius 2 is 1.89 bits per heavy atom. The van der Waals surface area contributed by atoms with Gasteiger partial charge in [0.15, 0.2) is 0 Å². The maximum atomic E-state index is 12.6. The number of aliphatic hydroxyl groups is 1. The van der Waals surface area contributed by atoms with Crippen LogP contribution in [0.15, 0.2) is 71.5 Å². The molecule has 0 aliphatic carbocycles. The Labute approximate surface area is 206 Å². The highest BCUT2D eigenvalue weighted by Gasteiger charge is 2.12. The number of carbonyl (C=O) groups is 1. The molecule has 4 aromatic rings. The van der Waals surface area contributed by atoms with Crippen molar-refractivity contribution in [2.75, 3.05) is 18.1 Å². The number of hydrogen-bond donors (Lipinski definition) is 3. The number of aromatic amines is 1. The Bertz CT molecular complexity index is 1470. The first-order valence-electron chi connectivity index (χ1n) is 11.3. The molecule has 0 saturated heterocycles. The first kappa shape index (κ1) is 24.6. The second-order valence-corrected chi connectivity index (χ2v) is 8.30. The van der Waals surface area contributed by atoms with Crippen LogP contribution in [-0.2, 0) is 13.1 Å². The molecule has 3 aromatic carbocycles. The molecule has 4 rings (SSSR count). The molecule has 1 heterocycles. The molecular weight excluding hydrogens is 462 g/mol. The van der Waals surface area contributed by atoms with Gasteiger partial charge in [0, 0.05) is 43.0 Å². The van der Waals surface area contributed by atoms with Gasteiger partial charge in [0.1, 0.15) is 5.82 Å². The van der Waals surface area contributed by atoms with Crippen molar-refractivity contribution in [2.24, 2.45) is 0 Å². The normalized spacial score (nSPS) is 10.8. The number of aromatic nitrogens is 2. The third kappa shape index (κ3) is 5.73. The molecule has 3 N–H and O–H groups in total. The van der Waals surface area contributed by atoms with Crippen LogP contribution in [-0.4, -0.2) is 39.1 Å². The molecule has 10 nitrogen and oxygen atoms in total. The smallest absolute Gasteiger partial charge is 0.269 e. The zero-order valence-electron chi connectivity index (χ0n) is 19.6. The summed E-state index contributed by atoms with van der Waals surface area (Å²) < 4.78 is 0. The monoisotopic (exact) mass is 487 g/mol. The Hall–Kier alpha value is -4.57. The average molecular weight is 488 g/mol. The van der Waals surface area contributed by atoms with Crippen LogP contribution in [0.4, 0.5) is 11.4 Å². The van der Waals surface area contributed by atoms with E-state index in [-0.39, 0.29) is 30.3 Å². The van der Waals surface area contributed by atoms with Gasteiger partial charge in [0.05, 0.1) is 22.4 Å². The molecule has 0 aliphatic rings. The third-order valence-electron chi connectivity index (χ3n) is 5.70. The second kappa shape index (κ2) is 10.8.